The van der Waals surface area contributed by atoms with E-state index in [-0.39, 0.29) is 12.0 Å². The van der Waals surface area contributed by atoms with Crippen molar-refractivity contribution in [2.45, 2.75) is 57.5 Å². The fourth-order valence-electron chi connectivity index (χ4n) is 3.13. The quantitative estimate of drug-likeness (QED) is 0.694. The lowest BCUT2D eigenvalue weighted by Crippen LogP contribution is -2.71. The van der Waals surface area contributed by atoms with Crippen LogP contribution in [0.25, 0.3) is 0 Å². The molecule has 3 N–H and O–H groups in total. The van der Waals surface area contributed by atoms with Gasteiger partial charge >= 0.3 is 5.97 Å². The fourth-order valence-corrected chi connectivity index (χ4v) is 3.13. The number of aliphatic carboxylic acids is 1. The monoisotopic (exact) mass is 240 g/mol. The molecule has 0 radical (unpaired) electrons. The molecule has 2 aliphatic rings. The molecule has 0 aromatic heterocycles. The minimum Gasteiger partial charge on any atom is -0.481 e. The van der Waals surface area contributed by atoms with E-state index in [1.54, 1.807) is 0 Å². The van der Waals surface area contributed by atoms with Crippen LogP contribution in [0.3, 0.4) is 0 Å². The molecule has 0 bridgehead atoms. The summed E-state index contributed by atoms with van der Waals surface area (Å²) in [6, 6.07) is 0.456. The van der Waals surface area contributed by atoms with Gasteiger partial charge in [-0.05, 0) is 18.3 Å². The Morgan fingerprint density at radius 1 is 1.41 bits per heavy atom. The Hall–Kier alpha value is -0.610. The summed E-state index contributed by atoms with van der Waals surface area (Å²) in [5.41, 5.74) is 0.0878. The standard InChI is InChI=1S/C13H24N2O2/c1-12(2)6-4-3-5-10(12)15-13(7-11(16)17)8-14-9-13/h10,14-15H,3-9H2,1-2H3,(H,16,17). The van der Waals surface area contributed by atoms with Gasteiger partial charge in [-0.1, -0.05) is 26.7 Å². The first-order chi connectivity index (χ1) is 7.94. The molecule has 2 fully saturated rings. The smallest absolute Gasteiger partial charge is 0.305 e. The third kappa shape index (κ3) is 2.80. The van der Waals surface area contributed by atoms with Gasteiger partial charge in [0.25, 0.3) is 0 Å². The first kappa shape index (κ1) is 12.8. The largest absolute Gasteiger partial charge is 0.481 e. The Kier molecular flexibility index (Phi) is 3.46. The molecule has 1 unspecified atom stereocenters. The molecule has 98 valence electrons. The van der Waals surface area contributed by atoms with Crippen LogP contribution < -0.4 is 10.6 Å². The van der Waals surface area contributed by atoms with Crippen molar-refractivity contribution in [2.75, 3.05) is 13.1 Å². The Labute approximate surface area is 103 Å². The molecule has 1 saturated carbocycles. The van der Waals surface area contributed by atoms with Gasteiger partial charge in [0.05, 0.1) is 12.0 Å². The Bertz CT molecular complexity index is 298. The number of carbonyl (C=O) groups is 1. The number of carboxylic acids is 1. The van der Waals surface area contributed by atoms with Crippen LogP contribution >= 0.6 is 0 Å². The lowest BCUT2D eigenvalue weighted by Gasteiger charge is -2.50. The first-order valence-corrected chi connectivity index (χ1v) is 6.64. The van der Waals surface area contributed by atoms with Crippen LogP contribution in [0.1, 0.15) is 46.0 Å². The molecule has 1 aliphatic heterocycles. The zero-order valence-electron chi connectivity index (χ0n) is 10.9. The molecule has 1 saturated heterocycles. The molecule has 2 rings (SSSR count). The van der Waals surface area contributed by atoms with E-state index in [1.165, 1.54) is 25.7 Å². The Balaban J connectivity index is 2.00. The number of carboxylic acid groups (broad SMARTS) is 1. The van der Waals surface area contributed by atoms with Crippen molar-refractivity contribution in [2.24, 2.45) is 5.41 Å². The molecule has 0 spiro atoms. The minimum absolute atomic E-state index is 0.203. The van der Waals surface area contributed by atoms with Crippen molar-refractivity contribution in [3.05, 3.63) is 0 Å². The van der Waals surface area contributed by atoms with Crippen LogP contribution in [0.15, 0.2) is 0 Å². The summed E-state index contributed by atoms with van der Waals surface area (Å²) in [5, 5.41) is 15.9. The topological polar surface area (TPSA) is 61.4 Å². The van der Waals surface area contributed by atoms with Crippen LogP contribution in [-0.2, 0) is 4.79 Å². The van der Waals surface area contributed by atoms with E-state index in [4.69, 9.17) is 5.11 Å². The molecule has 1 atom stereocenters. The van der Waals surface area contributed by atoms with Gasteiger partial charge in [-0.25, -0.2) is 0 Å². The minimum atomic E-state index is -0.701. The zero-order chi connectivity index (χ0) is 12.5. The SMILES string of the molecule is CC1(C)CCCCC1NC1(CC(=O)O)CNC1. The maximum Gasteiger partial charge on any atom is 0.305 e. The predicted molar refractivity (Wildman–Crippen MR) is 67.0 cm³/mol. The van der Waals surface area contributed by atoms with Gasteiger partial charge in [0, 0.05) is 19.1 Å². The molecular formula is C13H24N2O2. The van der Waals surface area contributed by atoms with E-state index in [1.807, 2.05) is 0 Å². The summed E-state index contributed by atoms with van der Waals surface area (Å²) in [6.45, 7) is 6.16. The van der Waals surface area contributed by atoms with E-state index in [9.17, 15) is 4.79 Å². The lowest BCUT2D eigenvalue weighted by atomic mass is 9.71. The van der Waals surface area contributed by atoms with Crippen molar-refractivity contribution in [1.82, 2.24) is 10.6 Å². The fraction of sp³-hybridized carbons (Fsp3) is 0.923. The Morgan fingerprint density at radius 3 is 2.59 bits per heavy atom. The van der Waals surface area contributed by atoms with Crippen LogP contribution in [0.4, 0.5) is 0 Å². The van der Waals surface area contributed by atoms with Crippen molar-refractivity contribution < 1.29 is 9.90 Å². The summed E-state index contributed by atoms with van der Waals surface area (Å²) >= 11 is 0. The van der Waals surface area contributed by atoms with Crippen LogP contribution in [0.2, 0.25) is 0 Å². The highest BCUT2D eigenvalue weighted by atomic mass is 16.4. The van der Waals surface area contributed by atoms with Gasteiger partial charge in [-0.15, -0.1) is 0 Å². The average molecular weight is 240 g/mol. The van der Waals surface area contributed by atoms with E-state index in [0.717, 1.165) is 13.1 Å². The molecule has 4 nitrogen and oxygen atoms in total. The number of rotatable bonds is 4. The van der Waals surface area contributed by atoms with Crippen molar-refractivity contribution in [3.63, 3.8) is 0 Å². The maximum absolute atomic E-state index is 10.9. The highest BCUT2D eigenvalue weighted by Crippen LogP contribution is 2.37. The summed E-state index contributed by atoms with van der Waals surface area (Å²) in [4.78, 5) is 10.9. The molecule has 1 aliphatic carbocycles. The molecule has 0 aromatic carbocycles. The molecule has 4 heteroatoms. The summed E-state index contributed by atoms with van der Waals surface area (Å²) in [6.07, 6.45) is 5.20. The highest BCUT2D eigenvalue weighted by molar-refractivity contribution is 5.68. The lowest BCUT2D eigenvalue weighted by molar-refractivity contribution is -0.139. The summed E-state index contributed by atoms with van der Waals surface area (Å²) in [7, 11) is 0. The second kappa shape index (κ2) is 4.58. The molecular weight excluding hydrogens is 216 g/mol. The van der Waals surface area contributed by atoms with Gasteiger partial charge in [0.1, 0.15) is 0 Å². The van der Waals surface area contributed by atoms with Gasteiger partial charge in [-0.2, -0.15) is 0 Å². The third-order valence-electron chi connectivity index (χ3n) is 4.40. The Morgan fingerprint density at radius 2 is 2.12 bits per heavy atom. The number of hydrogen-bond acceptors (Lipinski definition) is 3. The first-order valence-electron chi connectivity index (χ1n) is 6.64. The predicted octanol–water partition coefficient (Wildman–Crippen LogP) is 1.36. The average Bonchev–Trinajstić information content (AvgIpc) is 2.16. The van der Waals surface area contributed by atoms with Gasteiger partial charge < -0.3 is 15.7 Å². The second-order valence-electron chi connectivity index (χ2n) is 6.39. The third-order valence-corrected chi connectivity index (χ3v) is 4.40. The van der Waals surface area contributed by atoms with Gasteiger partial charge in [-0.3, -0.25) is 4.79 Å². The van der Waals surface area contributed by atoms with E-state index < -0.39 is 5.97 Å². The molecule has 0 amide bonds. The van der Waals surface area contributed by atoms with Crippen molar-refractivity contribution in [3.8, 4) is 0 Å². The van der Waals surface area contributed by atoms with Gasteiger partial charge in [0.2, 0.25) is 0 Å². The molecule has 1 heterocycles. The van der Waals surface area contributed by atoms with Crippen molar-refractivity contribution >= 4 is 5.97 Å². The second-order valence-corrected chi connectivity index (χ2v) is 6.39. The van der Waals surface area contributed by atoms with Gasteiger partial charge in [0.15, 0.2) is 0 Å². The van der Waals surface area contributed by atoms with E-state index in [2.05, 4.69) is 24.5 Å². The van der Waals surface area contributed by atoms with E-state index >= 15 is 0 Å². The summed E-state index contributed by atoms with van der Waals surface area (Å²) < 4.78 is 0. The van der Waals surface area contributed by atoms with Crippen LogP contribution in [-0.4, -0.2) is 35.7 Å². The highest BCUT2D eigenvalue weighted by Gasteiger charge is 2.44. The van der Waals surface area contributed by atoms with E-state index in [0.29, 0.717) is 11.5 Å². The molecule has 17 heavy (non-hydrogen) atoms. The maximum atomic E-state index is 10.9. The molecule has 0 aromatic rings. The number of hydrogen-bond donors (Lipinski definition) is 3. The van der Waals surface area contributed by atoms with Crippen LogP contribution in [0.5, 0.6) is 0 Å². The van der Waals surface area contributed by atoms with Crippen molar-refractivity contribution in [1.29, 1.82) is 0 Å². The zero-order valence-corrected chi connectivity index (χ0v) is 10.9. The van der Waals surface area contributed by atoms with Crippen LogP contribution in [0, 0.1) is 5.41 Å². The normalized spacial score (nSPS) is 30.6. The summed E-state index contributed by atoms with van der Waals surface area (Å²) in [5.74, 6) is -0.701. The number of nitrogens with one attached hydrogen (secondary N) is 2.